The summed E-state index contributed by atoms with van der Waals surface area (Å²) < 4.78 is 21.3. The zero-order valence-electron chi connectivity index (χ0n) is 16.8. The predicted octanol–water partition coefficient (Wildman–Crippen LogP) is 3.70. The van der Waals surface area contributed by atoms with Gasteiger partial charge in [0.05, 0.1) is 28.5 Å². The van der Waals surface area contributed by atoms with Gasteiger partial charge in [-0.05, 0) is 55.3 Å². The van der Waals surface area contributed by atoms with E-state index in [9.17, 15) is 14.0 Å². The number of carbonyl (C=O) groups is 1. The Balaban J connectivity index is 1.96. The Labute approximate surface area is 190 Å². The second kappa shape index (κ2) is 8.72. The zero-order chi connectivity index (χ0) is 22.1. The van der Waals surface area contributed by atoms with E-state index < -0.39 is 12.0 Å². The smallest absolute Gasteiger partial charge is 0.338 e. The number of aromatic nitrogens is 1. The number of nitrogens with zero attached hydrogens (tertiary/aromatic N) is 2. The normalized spacial score (nSPS) is 16.1. The van der Waals surface area contributed by atoms with Crippen molar-refractivity contribution in [1.29, 1.82) is 0 Å². The molecule has 1 aromatic heterocycles. The average Bonchev–Trinajstić information content (AvgIpc) is 3.03. The van der Waals surface area contributed by atoms with Crippen LogP contribution in [0.3, 0.4) is 0 Å². The summed E-state index contributed by atoms with van der Waals surface area (Å²) in [5.74, 6) is -0.843. The molecule has 2 aromatic carbocycles. The highest BCUT2D eigenvalue weighted by Crippen LogP contribution is 2.31. The Morgan fingerprint density at radius 3 is 2.71 bits per heavy atom. The van der Waals surface area contributed by atoms with E-state index in [0.29, 0.717) is 26.2 Å². The third kappa shape index (κ3) is 4.18. The Morgan fingerprint density at radius 1 is 1.29 bits per heavy atom. The first kappa shape index (κ1) is 21.4. The molecule has 0 amide bonds. The largest absolute Gasteiger partial charge is 0.463 e. The summed E-state index contributed by atoms with van der Waals surface area (Å²) in [7, 11) is 0. The molecule has 1 unspecified atom stereocenters. The quantitative estimate of drug-likeness (QED) is 0.513. The molecular formula is C23H18BrFN2O3S. The lowest BCUT2D eigenvalue weighted by Crippen LogP contribution is -2.39. The van der Waals surface area contributed by atoms with Gasteiger partial charge in [0.25, 0.3) is 5.56 Å². The molecule has 158 valence electrons. The zero-order valence-corrected chi connectivity index (χ0v) is 19.2. The third-order valence-corrected chi connectivity index (χ3v) is 6.33. The number of hydrogen-bond acceptors (Lipinski definition) is 5. The Kier molecular flexibility index (Phi) is 6.02. The molecule has 0 spiro atoms. The van der Waals surface area contributed by atoms with Gasteiger partial charge in [-0.3, -0.25) is 9.36 Å². The van der Waals surface area contributed by atoms with Crippen LogP contribution < -0.4 is 14.9 Å². The number of allylic oxidation sites excluding steroid dienone is 1. The number of hydrogen-bond donors (Lipinski definition) is 0. The molecule has 0 saturated heterocycles. The topological polar surface area (TPSA) is 60.7 Å². The van der Waals surface area contributed by atoms with Crippen LogP contribution in [0.2, 0.25) is 0 Å². The molecule has 4 rings (SSSR count). The van der Waals surface area contributed by atoms with Crippen LogP contribution in [0.15, 0.2) is 74.1 Å². The van der Waals surface area contributed by atoms with Crippen LogP contribution in [0.5, 0.6) is 0 Å². The molecule has 0 radical (unpaired) electrons. The first-order chi connectivity index (χ1) is 14.9. The summed E-state index contributed by atoms with van der Waals surface area (Å²) in [6.07, 6.45) is 1.70. The van der Waals surface area contributed by atoms with Crippen LogP contribution in [0.4, 0.5) is 4.39 Å². The second-order valence-corrected chi connectivity index (χ2v) is 8.83. The van der Waals surface area contributed by atoms with Crippen LogP contribution in [0.25, 0.3) is 6.08 Å². The molecule has 0 N–H and O–H groups in total. The fraction of sp³-hybridized carbons (Fsp3) is 0.174. The molecule has 31 heavy (non-hydrogen) atoms. The number of ether oxygens (including phenoxy) is 1. The second-order valence-electron chi connectivity index (χ2n) is 6.91. The van der Waals surface area contributed by atoms with Crippen LogP contribution in [-0.4, -0.2) is 17.1 Å². The molecule has 0 fully saturated rings. The van der Waals surface area contributed by atoms with E-state index >= 15 is 0 Å². The van der Waals surface area contributed by atoms with Crippen molar-refractivity contribution in [3.05, 3.63) is 101 Å². The standard InChI is InChI=1S/C23H18BrFN2O3S/c1-3-30-22(29)19-13(2)26-23-27(20(19)15-5-4-6-16(24)12-15)21(28)18(31-23)11-14-7-9-17(25)10-8-14/h4-12,20H,3H2,1-2H3. The molecule has 0 saturated carbocycles. The van der Waals surface area contributed by atoms with Crippen LogP contribution in [0, 0.1) is 5.82 Å². The maximum absolute atomic E-state index is 13.4. The molecule has 1 atom stereocenters. The van der Waals surface area contributed by atoms with Crippen molar-refractivity contribution in [3.63, 3.8) is 0 Å². The van der Waals surface area contributed by atoms with Crippen molar-refractivity contribution >= 4 is 39.3 Å². The highest BCUT2D eigenvalue weighted by Gasteiger charge is 2.33. The van der Waals surface area contributed by atoms with Gasteiger partial charge in [0.1, 0.15) is 5.82 Å². The number of esters is 1. The number of rotatable bonds is 4. The van der Waals surface area contributed by atoms with E-state index in [1.165, 1.54) is 28.0 Å². The fourth-order valence-corrected chi connectivity index (χ4v) is 4.96. The van der Waals surface area contributed by atoms with E-state index in [4.69, 9.17) is 4.74 Å². The number of carbonyl (C=O) groups excluding carboxylic acids is 1. The van der Waals surface area contributed by atoms with Gasteiger partial charge in [-0.2, -0.15) is 0 Å². The first-order valence-electron chi connectivity index (χ1n) is 9.59. The highest BCUT2D eigenvalue weighted by atomic mass is 79.9. The number of thiazole rings is 1. The first-order valence-corrected chi connectivity index (χ1v) is 11.2. The van der Waals surface area contributed by atoms with E-state index in [1.54, 1.807) is 32.1 Å². The van der Waals surface area contributed by atoms with Gasteiger partial charge in [0.2, 0.25) is 0 Å². The van der Waals surface area contributed by atoms with Crippen molar-refractivity contribution in [3.8, 4) is 0 Å². The molecule has 0 aliphatic carbocycles. The summed E-state index contributed by atoms with van der Waals surface area (Å²) in [6, 6.07) is 12.7. The lowest BCUT2D eigenvalue weighted by molar-refractivity contribution is -0.139. The van der Waals surface area contributed by atoms with Gasteiger partial charge in [-0.25, -0.2) is 14.2 Å². The summed E-state index contributed by atoms with van der Waals surface area (Å²) in [5, 5.41) is 0. The number of halogens is 2. The summed E-state index contributed by atoms with van der Waals surface area (Å²) in [6.45, 7) is 3.70. The van der Waals surface area contributed by atoms with Crippen molar-refractivity contribution in [2.75, 3.05) is 6.61 Å². The van der Waals surface area contributed by atoms with Crippen LogP contribution >= 0.6 is 27.3 Å². The molecule has 5 nitrogen and oxygen atoms in total. The molecule has 8 heteroatoms. The molecule has 2 heterocycles. The van der Waals surface area contributed by atoms with Gasteiger partial charge >= 0.3 is 5.97 Å². The predicted molar refractivity (Wildman–Crippen MR) is 121 cm³/mol. The van der Waals surface area contributed by atoms with E-state index in [-0.39, 0.29) is 18.0 Å². The fourth-order valence-electron chi connectivity index (χ4n) is 3.49. The summed E-state index contributed by atoms with van der Waals surface area (Å²) in [5.41, 5.74) is 2.04. The minimum atomic E-state index is -0.664. The van der Waals surface area contributed by atoms with Crippen molar-refractivity contribution in [1.82, 2.24) is 4.57 Å². The van der Waals surface area contributed by atoms with Crippen LogP contribution in [-0.2, 0) is 9.53 Å². The van der Waals surface area contributed by atoms with E-state index in [1.807, 2.05) is 24.3 Å². The number of benzene rings is 2. The lowest BCUT2D eigenvalue weighted by atomic mass is 9.96. The minimum Gasteiger partial charge on any atom is -0.463 e. The monoisotopic (exact) mass is 500 g/mol. The molecule has 3 aromatic rings. The van der Waals surface area contributed by atoms with Crippen molar-refractivity contribution < 1.29 is 13.9 Å². The van der Waals surface area contributed by atoms with Crippen molar-refractivity contribution in [2.45, 2.75) is 19.9 Å². The number of fused-ring (bicyclic) bond motifs is 1. The summed E-state index contributed by atoms with van der Waals surface area (Å²) in [4.78, 5) is 31.3. The van der Waals surface area contributed by atoms with E-state index in [2.05, 4.69) is 20.9 Å². The maximum atomic E-state index is 13.4. The average molecular weight is 501 g/mol. The third-order valence-electron chi connectivity index (χ3n) is 4.85. The molecule has 0 bridgehead atoms. The molecule has 1 aliphatic heterocycles. The van der Waals surface area contributed by atoms with E-state index in [0.717, 1.165) is 10.0 Å². The Morgan fingerprint density at radius 2 is 2.03 bits per heavy atom. The van der Waals surface area contributed by atoms with Gasteiger partial charge in [0.15, 0.2) is 4.80 Å². The van der Waals surface area contributed by atoms with Gasteiger partial charge in [0, 0.05) is 4.47 Å². The van der Waals surface area contributed by atoms with Gasteiger partial charge in [-0.15, -0.1) is 0 Å². The van der Waals surface area contributed by atoms with Crippen LogP contribution in [0.1, 0.15) is 31.0 Å². The Bertz CT molecular complexity index is 1370. The molecular weight excluding hydrogens is 483 g/mol. The van der Waals surface area contributed by atoms with Gasteiger partial charge < -0.3 is 4.74 Å². The SMILES string of the molecule is CCOC(=O)C1=C(C)N=c2sc(=Cc3ccc(F)cc3)c(=O)n2C1c1cccc(Br)c1. The minimum absolute atomic E-state index is 0.218. The molecule has 1 aliphatic rings. The highest BCUT2D eigenvalue weighted by molar-refractivity contribution is 9.10. The maximum Gasteiger partial charge on any atom is 0.338 e. The summed E-state index contributed by atoms with van der Waals surface area (Å²) >= 11 is 4.70. The lowest BCUT2D eigenvalue weighted by Gasteiger charge is -2.24. The van der Waals surface area contributed by atoms with Gasteiger partial charge in [-0.1, -0.05) is 51.5 Å². The Hall–Kier alpha value is -2.84. The van der Waals surface area contributed by atoms with Crippen molar-refractivity contribution in [2.24, 2.45) is 4.99 Å².